The van der Waals surface area contributed by atoms with E-state index < -0.39 is 0 Å². The van der Waals surface area contributed by atoms with E-state index in [9.17, 15) is 4.79 Å². The summed E-state index contributed by atoms with van der Waals surface area (Å²) in [4.78, 5) is 24.8. The molecule has 2 heterocycles. The molecular formula is C15H13N3O2S. The van der Waals surface area contributed by atoms with Crippen molar-refractivity contribution in [3.63, 3.8) is 0 Å². The average Bonchev–Trinajstić information content (AvgIpc) is 2.95. The molecule has 1 aromatic carbocycles. The van der Waals surface area contributed by atoms with Gasteiger partial charge in [-0.2, -0.15) is 0 Å². The molecule has 5 nitrogen and oxygen atoms in total. The lowest BCUT2D eigenvalue weighted by Gasteiger charge is -1.99. The molecule has 6 heteroatoms. The number of carbonyl (C=O) groups excluding carboxylic acids is 1. The highest BCUT2D eigenvalue weighted by atomic mass is 32.1. The summed E-state index contributed by atoms with van der Waals surface area (Å²) in [5.41, 5.74) is 3.12. The van der Waals surface area contributed by atoms with E-state index >= 15 is 0 Å². The Morgan fingerprint density at radius 2 is 2.00 bits per heavy atom. The predicted octanol–water partition coefficient (Wildman–Crippen LogP) is 2.86. The Balaban J connectivity index is 1.85. The van der Waals surface area contributed by atoms with Gasteiger partial charge < -0.3 is 4.74 Å². The topological polar surface area (TPSA) is 65.0 Å². The van der Waals surface area contributed by atoms with Gasteiger partial charge in [0.15, 0.2) is 0 Å². The van der Waals surface area contributed by atoms with Gasteiger partial charge in [-0.05, 0) is 19.1 Å². The predicted molar refractivity (Wildman–Crippen MR) is 81.0 cm³/mol. The first-order chi connectivity index (χ1) is 10.3. The zero-order valence-electron chi connectivity index (χ0n) is 11.4. The molecule has 0 aliphatic carbocycles. The summed E-state index contributed by atoms with van der Waals surface area (Å²) in [6.07, 6.45) is 1.89. The van der Waals surface area contributed by atoms with Gasteiger partial charge in [0, 0.05) is 5.38 Å². The molecule has 0 atom stereocenters. The zero-order valence-corrected chi connectivity index (χ0v) is 12.3. The molecule has 0 N–H and O–H groups in total. The molecule has 0 unspecified atom stereocenters. The number of para-hydroxylation sites is 2. The number of carbonyl (C=O) groups is 1. The molecule has 106 valence electrons. The number of hydrogen-bond acceptors (Lipinski definition) is 6. The largest absolute Gasteiger partial charge is 0.466 e. The van der Waals surface area contributed by atoms with Crippen LogP contribution in [0.15, 0.2) is 35.8 Å². The molecule has 21 heavy (non-hydrogen) atoms. The first-order valence-electron chi connectivity index (χ1n) is 6.58. The van der Waals surface area contributed by atoms with Crippen molar-refractivity contribution in [2.24, 2.45) is 0 Å². The number of fused-ring (bicyclic) bond motifs is 1. The van der Waals surface area contributed by atoms with E-state index in [-0.39, 0.29) is 12.4 Å². The van der Waals surface area contributed by atoms with Crippen LogP contribution in [0, 0.1) is 0 Å². The minimum atomic E-state index is -0.261. The van der Waals surface area contributed by atoms with Gasteiger partial charge in [-0.25, -0.2) is 9.97 Å². The maximum absolute atomic E-state index is 11.4. The molecule has 0 saturated carbocycles. The highest BCUT2D eigenvalue weighted by Crippen LogP contribution is 2.21. The minimum absolute atomic E-state index is 0.194. The van der Waals surface area contributed by atoms with E-state index in [2.05, 4.69) is 15.0 Å². The molecule has 0 fully saturated rings. The molecule has 0 amide bonds. The molecule has 0 saturated heterocycles. The SMILES string of the molecule is CCOC(=O)Cc1nc(-c2cnc3ccccc3n2)cs1. The van der Waals surface area contributed by atoms with Gasteiger partial charge in [-0.15, -0.1) is 11.3 Å². The Bertz CT molecular complexity index is 785. The fraction of sp³-hybridized carbons (Fsp3) is 0.200. The van der Waals surface area contributed by atoms with Gasteiger partial charge in [0.25, 0.3) is 0 Å². The second kappa shape index (κ2) is 5.97. The first-order valence-corrected chi connectivity index (χ1v) is 7.46. The maximum atomic E-state index is 11.4. The fourth-order valence-corrected chi connectivity index (χ4v) is 2.70. The van der Waals surface area contributed by atoms with Crippen LogP contribution >= 0.6 is 11.3 Å². The number of thiazole rings is 1. The van der Waals surface area contributed by atoms with Crippen molar-refractivity contribution in [2.45, 2.75) is 13.3 Å². The molecule has 2 aromatic heterocycles. The van der Waals surface area contributed by atoms with Crippen LogP contribution in [-0.2, 0) is 16.0 Å². The number of benzene rings is 1. The van der Waals surface area contributed by atoms with E-state index in [1.165, 1.54) is 11.3 Å². The molecule has 0 radical (unpaired) electrons. The number of rotatable bonds is 4. The van der Waals surface area contributed by atoms with E-state index in [1.54, 1.807) is 13.1 Å². The maximum Gasteiger partial charge on any atom is 0.312 e. The number of nitrogens with zero attached hydrogens (tertiary/aromatic N) is 3. The van der Waals surface area contributed by atoms with Crippen molar-refractivity contribution in [1.29, 1.82) is 0 Å². The standard InChI is InChI=1S/C15H13N3O2S/c1-2-20-15(19)7-14-18-13(9-21-14)12-8-16-10-5-3-4-6-11(10)17-12/h3-6,8-9H,2,7H2,1H3. The van der Waals surface area contributed by atoms with Crippen molar-refractivity contribution in [1.82, 2.24) is 15.0 Å². The number of aromatic nitrogens is 3. The summed E-state index contributed by atoms with van der Waals surface area (Å²) in [6.45, 7) is 2.17. The Morgan fingerprint density at radius 1 is 1.19 bits per heavy atom. The Hall–Kier alpha value is -2.34. The smallest absolute Gasteiger partial charge is 0.312 e. The highest BCUT2D eigenvalue weighted by molar-refractivity contribution is 7.10. The summed E-state index contributed by atoms with van der Waals surface area (Å²) < 4.78 is 4.92. The first kappa shape index (κ1) is 13.6. The van der Waals surface area contributed by atoms with Crippen LogP contribution in [0.25, 0.3) is 22.4 Å². The lowest BCUT2D eigenvalue weighted by atomic mass is 10.3. The van der Waals surface area contributed by atoms with Crippen molar-refractivity contribution in [3.8, 4) is 11.4 Å². The molecule has 0 aliphatic heterocycles. The van der Waals surface area contributed by atoms with E-state index in [1.807, 2.05) is 29.6 Å². The van der Waals surface area contributed by atoms with Crippen LogP contribution in [0.4, 0.5) is 0 Å². The van der Waals surface area contributed by atoms with Crippen molar-refractivity contribution < 1.29 is 9.53 Å². The van der Waals surface area contributed by atoms with Gasteiger partial charge in [0.1, 0.15) is 16.4 Å². The van der Waals surface area contributed by atoms with Crippen molar-refractivity contribution >= 4 is 28.3 Å². The second-order valence-electron chi connectivity index (χ2n) is 4.35. The molecule has 3 rings (SSSR count). The van der Waals surface area contributed by atoms with Crippen molar-refractivity contribution in [3.05, 3.63) is 40.8 Å². The quantitative estimate of drug-likeness (QED) is 0.693. The van der Waals surface area contributed by atoms with Gasteiger partial charge in [0.05, 0.1) is 30.3 Å². The summed E-state index contributed by atoms with van der Waals surface area (Å²) in [5.74, 6) is -0.261. The summed E-state index contributed by atoms with van der Waals surface area (Å²) >= 11 is 1.42. The second-order valence-corrected chi connectivity index (χ2v) is 5.29. The summed E-state index contributed by atoms with van der Waals surface area (Å²) in [7, 11) is 0. The Labute approximate surface area is 125 Å². The van der Waals surface area contributed by atoms with Crippen LogP contribution in [0.2, 0.25) is 0 Å². The molecule has 0 bridgehead atoms. The van der Waals surface area contributed by atoms with Gasteiger partial charge in [-0.3, -0.25) is 9.78 Å². The van der Waals surface area contributed by atoms with Crippen LogP contribution < -0.4 is 0 Å². The molecule has 3 aromatic rings. The molecule has 0 aliphatic rings. The lowest BCUT2D eigenvalue weighted by molar-refractivity contribution is -0.142. The summed E-state index contributed by atoms with van der Waals surface area (Å²) in [6, 6.07) is 7.68. The van der Waals surface area contributed by atoms with Gasteiger partial charge >= 0.3 is 5.97 Å². The third kappa shape index (κ3) is 3.05. The monoisotopic (exact) mass is 299 g/mol. The van der Waals surface area contributed by atoms with Gasteiger partial charge in [-0.1, -0.05) is 12.1 Å². The third-order valence-corrected chi connectivity index (χ3v) is 3.71. The average molecular weight is 299 g/mol. The summed E-state index contributed by atoms with van der Waals surface area (Å²) in [5, 5.41) is 2.60. The van der Waals surface area contributed by atoms with Gasteiger partial charge in [0.2, 0.25) is 0 Å². The van der Waals surface area contributed by atoms with Crippen molar-refractivity contribution in [2.75, 3.05) is 6.61 Å². The highest BCUT2D eigenvalue weighted by Gasteiger charge is 2.11. The van der Waals surface area contributed by atoms with Crippen LogP contribution in [0.3, 0.4) is 0 Å². The Morgan fingerprint density at radius 3 is 2.81 bits per heavy atom. The number of hydrogen-bond donors (Lipinski definition) is 0. The number of esters is 1. The Kier molecular flexibility index (Phi) is 3.87. The zero-order chi connectivity index (χ0) is 14.7. The normalized spacial score (nSPS) is 10.7. The molecule has 0 spiro atoms. The fourth-order valence-electron chi connectivity index (χ4n) is 1.93. The van der Waals surface area contributed by atoms with E-state index in [4.69, 9.17) is 4.74 Å². The number of ether oxygens (including phenoxy) is 1. The minimum Gasteiger partial charge on any atom is -0.466 e. The van der Waals surface area contributed by atoms with Crippen LogP contribution in [0.1, 0.15) is 11.9 Å². The molecular weight excluding hydrogens is 286 g/mol. The lowest BCUT2D eigenvalue weighted by Crippen LogP contribution is -2.07. The van der Waals surface area contributed by atoms with Crippen LogP contribution in [0.5, 0.6) is 0 Å². The van der Waals surface area contributed by atoms with Crippen LogP contribution in [-0.4, -0.2) is 27.5 Å². The van der Waals surface area contributed by atoms with E-state index in [0.717, 1.165) is 21.7 Å². The third-order valence-electron chi connectivity index (χ3n) is 2.86. The van der Waals surface area contributed by atoms with E-state index in [0.29, 0.717) is 12.3 Å².